The summed E-state index contributed by atoms with van der Waals surface area (Å²) in [5, 5.41) is 9.20. The van der Waals surface area contributed by atoms with Crippen LogP contribution in [0.4, 0.5) is 0 Å². The molecule has 1 aromatic carbocycles. The summed E-state index contributed by atoms with van der Waals surface area (Å²) >= 11 is 0. The lowest BCUT2D eigenvalue weighted by Crippen LogP contribution is -2.30. The predicted molar refractivity (Wildman–Crippen MR) is 82.5 cm³/mol. The van der Waals surface area contributed by atoms with Crippen LogP contribution < -0.4 is 0 Å². The number of hydrogen-bond acceptors (Lipinski definition) is 2. The molecule has 1 aliphatic carbocycles. The Balaban J connectivity index is 2.19. The van der Waals surface area contributed by atoms with Crippen molar-refractivity contribution in [3.8, 4) is 0 Å². The second-order valence-corrected chi connectivity index (χ2v) is 6.24. The Kier molecular flexibility index (Phi) is 5.16. The molecule has 0 radical (unpaired) electrons. The van der Waals surface area contributed by atoms with Gasteiger partial charge in [-0.05, 0) is 30.2 Å². The maximum Gasteiger partial charge on any atom is 0.303 e. The molecule has 114 valence electrons. The fourth-order valence-corrected chi connectivity index (χ4v) is 3.58. The first-order valence-corrected chi connectivity index (χ1v) is 7.89. The fraction of sp³-hybridized carbons (Fsp3) is 0.556. The second-order valence-electron chi connectivity index (χ2n) is 6.24. The van der Waals surface area contributed by atoms with E-state index in [0.29, 0.717) is 6.42 Å². The van der Waals surface area contributed by atoms with Crippen molar-refractivity contribution in [2.45, 2.75) is 58.3 Å². The van der Waals surface area contributed by atoms with Gasteiger partial charge in [-0.3, -0.25) is 9.59 Å². The van der Waals surface area contributed by atoms with Gasteiger partial charge in [-0.25, -0.2) is 0 Å². The number of carboxylic acids is 1. The van der Waals surface area contributed by atoms with Gasteiger partial charge in [0, 0.05) is 12.0 Å². The molecular weight excluding hydrogens is 264 g/mol. The molecule has 1 saturated carbocycles. The molecule has 0 saturated heterocycles. The van der Waals surface area contributed by atoms with Gasteiger partial charge < -0.3 is 5.11 Å². The van der Waals surface area contributed by atoms with Crippen molar-refractivity contribution in [3.63, 3.8) is 0 Å². The maximum absolute atomic E-state index is 12.7. The Morgan fingerprint density at radius 1 is 1.10 bits per heavy atom. The standard InChI is InChI=1S/C18H24O3/c1-2-14-8-4-5-9-15(14)16(19)12-18(13-17(20)21)10-6-3-7-11-18/h4-5,8-9H,2-3,6-7,10-13H2,1H3,(H,20,21). The lowest BCUT2D eigenvalue weighted by atomic mass is 9.68. The molecular formula is C18H24O3. The number of aliphatic carboxylic acids is 1. The Morgan fingerprint density at radius 3 is 2.38 bits per heavy atom. The highest BCUT2D eigenvalue weighted by atomic mass is 16.4. The highest BCUT2D eigenvalue weighted by Crippen LogP contribution is 2.43. The summed E-state index contributed by atoms with van der Waals surface area (Å²) in [5.41, 5.74) is 1.50. The zero-order valence-corrected chi connectivity index (χ0v) is 12.7. The molecule has 1 N–H and O–H groups in total. The van der Waals surface area contributed by atoms with Crippen LogP contribution in [-0.4, -0.2) is 16.9 Å². The number of aryl methyl sites for hydroxylation is 1. The molecule has 1 fully saturated rings. The smallest absolute Gasteiger partial charge is 0.303 e. The van der Waals surface area contributed by atoms with Crippen LogP contribution in [-0.2, 0) is 11.2 Å². The minimum atomic E-state index is -0.784. The normalized spacial score (nSPS) is 17.4. The lowest BCUT2D eigenvalue weighted by Gasteiger charge is -2.35. The quantitative estimate of drug-likeness (QED) is 0.796. The Bertz CT molecular complexity index is 513. The third-order valence-electron chi connectivity index (χ3n) is 4.67. The first kappa shape index (κ1) is 15.7. The van der Waals surface area contributed by atoms with Crippen LogP contribution in [0.2, 0.25) is 0 Å². The zero-order valence-electron chi connectivity index (χ0n) is 12.7. The van der Waals surface area contributed by atoms with Gasteiger partial charge in [0.25, 0.3) is 0 Å². The molecule has 3 nitrogen and oxygen atoms in total. The van der Waals surface area contributed by atoms with Gasteiger partial charge in [0.05, 0.1) is 6.42 Å². The van der Waals surface area contributed by atoms with Gasteiger partial charge >= 0.3 is 5.97 Å². The summed E-state index contributed by atoms with van der Waals surface area (Å²) in [5.74, 6) is -0.677. The van der Waals surface area contributed by atoms with Crippen molar-refractivity contribution < 1.29 is 14.7 Å². The van der Waals surface area contributed by atoms with E-state index in [1.165, 1.54) is 0 Å². The molecule has 0 bridgehead atoms. The molecule has 21 heavy (non-hydrogen) atoms. The average Bonchev–Trinajstić information content (AvgIpc) is 2.47. The highest BCUT2D eigenvalue weighted by molar-refractivity contribution is 5.98. The van der Waals surface area contributed by atoms with E-state index >= 15 is 0 Å². The first-order chi connectivity index (χ1) is 10.1. The van der Waals surface area contributed by atoms with E-state index in [4.69, 9.17) is 0 Å². The average molecular weight is 288 g/mol. The van der Waals surface area contributed by atoms with Crippen LogP contribution in [0.3, 0.4) is 0 Å². The molecule has 0 amide bonds. The Hall–Kier alpha value is -1.64. The van der Waals surface area contributed by atoms with E-state index in [0.717, 1.165) is 49.7 Å². The Morgan fingerprint density at radius 2 is 1.76 bits per heavy atom. The molecule has 3 heteroatoms. The van der Waals surface area contributed by atoms with Crippen molar-refractivity contribution in [3.05, 3.63) is 35.4 Å². The summed E-state index contributed by atoms with van der Waals surface area (Å²) in [6.07, 6.45) is 6.27. The zero-order chi connectivity index (χ0) is 15.3. The molecule has 0 aromatic heterocycles. The number of rotatable bonds is 6. The van der Waals surface area contributed by atoms with Crippen molar-refractivity contribution in [1.82, 2.24) is 0 Å². The summed E-state index contributed by atoms with van der Waals surface area (Å²) < 4.78 is 0. The number of hydrogen-bond donors (Lipinski definition) is 1. The van der Waals surface area contributed by atoms with Crippen molar-refractivity contribution >= 4 is 11.8 Å². The lowest BCUT2D eigenvalue weighted by molar-refractivity contribution is -0.140. The highest BCUT2D eigenvalue weighted by Gasteiger charge is 2.36. The molecule has 0 heterocycles. The maximum atomic E-state index is 12.7. The van der Waals surface area contributed by atoms with Crippen LogP contribution >= 0.6 is 0 Å². The van der Waals surface area contributed by atoms with E-state index in [1.54, 1.807) is 0 Å². The third kappa shape index (κ3) is 3.93. The molecule has 1 aromatic rings. The van der Waals surface area contributed by atoms with E-state index in [1.807, 2.05) is 31.2 Å². The van der Waals surface area contributed by atoms with Gasteiger partial charge in [0.1, 0.15) is 0 Å². The Labute approximate surface area is 126 Å². The monoisotopic (exact) mass is 288 g/mol. The van der Waals surface area contributed by atoms with E-state index in [9.17, 15) is 14.7 Å². The minimum Gasteiger partial charge on any atom is -0.481 e. The van der Waals surface area contributed by atoms with E-state index < -0.39 is 5.97 Å². The molecule has 0 spiro atoms. The summed E-state index contributed by atoms with van der Waals surface area (Å²) in [4.78, 5) is 23.9. The van der Waals surface area contributed by atoms with Gasteiger partial charge in [0.2, 0.25) is 0 Å². The van der Waals surface area contributed by atoms with Gasteiger partial charge in [-0.1, -0.05) is 50.5 Å². The summed E-state index contributed by atoms with van der Waals surface area (Å²) in [7, 11) is 0. The number of benzene rings is 1. The summed E-state index contributed by atoms with van der Waals surface area (Å²) in [6.45, 7) is 2.04. The van der Waals surface area contributed by atoms with Crippen molar-refractivity contribution in [2.75, 3.05) is 0 Å². The topological polar surface area (TPSA) is 54.4 Å². The van der Waals surface area contributed by atoms with Crippen LogP contribution in [0.15, 0.2) is 24.3 Å². The van der Waals surface area contributed by atoms with Gasteiger partial charge in [-0.15, -0.1) is 0 Å². The largest absolute Gasteiger partial charge is 0.481 e. The van der Waals surface area contributed by atoms with Gasteiger partial charge in [-0.2, -0.15) is 0 Å². The molecule has 0 aliphatic heterocycles. The number of Topliss-reactive ketones (excluding diaryl/α,β-unsaturated/α-hetero) is 1. The van der Waals surface area contributed by atoms with Crippen molar-refractivity contribution in [1.29, 1.82) is 0 Å². The van der Waals surface area contributed by atoms with Crippen molar-refractivity contribution in [2.24, 2.45) is 5.41 Å². The number of ketones is 1. The fourth-order valence-electron chi connectivity index (χ4n) is 3.58. The predicted octanol–water partition coefficient (Wildman–Crippen LogP) is 4.25. The molecule has 0 atom stereocenters. The van der Waals surface area contributed by atoms with E-state index in [2.05, 4.69) is 0 Å². The molecule has 2 rings (SSSR count). The SMILES string of the molecule is CCc1ccccc1C(=O)CC1(CC(=O)O)CCCCC1. The number of carboxylic acid groups (broad SMARTS) is 1. The molecule has 1 aliphatic rings. The second kappa shape index (κ2) is 6.88. The van der Waals surface area contributed by atoms with E-state index in [-0.39, 0.29) is 17.6 Å². The van der Waals surface area contributed by atoms with Crippen LogP contribution in [0.25, 0.3) is 0 Å². The van der Waals surface area contributed by atoms with Crippen LogP contribution in [0.1, 0.15) is 67.8 Å². The molecule has 0 unspecified atom stereocenters. The third-order valence-corrected chi connectivity index (χ3v) is 4.67. The van der Waals surface area contributed by atoms with Crippen LogP contribution in [0, 0.1) is 5.41 Å². The van der Waals surface area contributed by atoms with Gasteiger partial charge in [0.15, 0.2) is 5.78 Å². The minimum absolute atomic E-state index is 0.107. The number of carbonyl (C=O) groups is 2. The summed E-state index contributed by atoms with van der Waals surface area (Å²) in [6, 6.07) is 7.69. The number of carbonyl (C=O) groups excluding carboxylic acids is 1. The first-order valence-electron chi connectivity index (χ1n) is 7.89. The van der Waals surface area contributed by atoms with Crippen LogP contribution in [0.5, 0.6) is 0 Å².